The number of hydrazine groups is 1. The molecule has 0 spiro atoms. The second kappa shape index (κ2) is 5.07. The fraction of sp³-hybridized carbons (Fsp3) is 0.667. The van der Waals surface area contributed by atoms with Crippen LogP contribution in [0.3, 0.4) is 0 Å². The highest BCUT2D eigenvalue weighted by molar-refractivity contribution is 5.43. The summed E-state index contributed by atoms with van der Waals surface area (Å²) in [7, 11) is 6.35. The topological polar surface area (TPSA) is 70.3 Å². The lowest BCUT2D eigenvalue weighted by molar-refractivity contribution is 0.0682. The van der Waals surface area contributed by atoms with Crippen molar-refractivity contribution in [2.45, 2.75) is 24.8 Å². The fourth-order valence-electron chi connectivity index (χ4n) is 2.46. The highest BCUT2D eigenvalue weighted by Gasteiger charge is 2.40. The fourth-order valence-corrected chi connectivity index (χ4v) is 2.46. The van der Waals surface area contributed by atoms with E-state index in [1.54, 1.807) is 12.4 Å². The molecule has 100 valence electrons. The Labute approximate surface area is 108 Å². The Balaban J connectivity index is 2.09. The van der Waals surface area contributed by atoms with Gasteiger partial charge in [-0.15, -0.1) is 0 Å². The maximum Gasteiger partial charge on any atom is 0.160 e. The van der Waals surface area contributed by atoms with Crippen molar-refractivity contribution in [3.8, 4) is 0 Å². The van der Waals surface area contributed by atoms with Gasteiger partial charge in [0, 0.05) is 19.1 Å². The zero-order chi connectivity index (χ0) is 13.2. The first kappa shape index (κ1) is 13.0. The van der Waals surface area contributed by atoms with Crippen LogP contribution in [0.1, 0.15) is 19.3 Å². The third kappa shape index (κ3) is 2.39. The smallest absolute Gasteiger partial charge is 0.160 e. The second-order valence-corrected chi connectivity index (χ2v) is 5.24. The Morgan fingerprint density at radius 1 is 1.33 bits per heavy atom. The molecule has 6 nitrogen and oxygen atoms in total. The van der Waals surface area contributed by atoms with E-state index < -0.39 is 0 Å². The summed E-state index contributed by atoms with van der Waals surface area (Å²) in [4.78, 5) is 13.0. The summed E-state index contributed by atoms with van der Waals surface area (Å²) in [5, 5.41) is 0. The van der Waals surface area contributed by atoms with E-state index in [-0.39, 0.29) is 5.54 Å². The van der Waals surface area contributed by atoms with Gasteiger partial charge in [-0.1, -0.05) is 0 Å². The van der Waals surface area contributed by atoms with Crippen LogP contribution in [0.25, 0.3) is 0 Å². The first-order valence-corrected chi connectivity index (χ1v) is 6.25. The minimum atomic E-state index is 0.280. The van der Waals surface area contributed by atoms with Crippen LogP contribution in [0.4, 0.5) is 11.6 Å². The van der Waals surface area contributed by atoms with E-state index in [0.717, 1.165) is 12.4 Å². The number of hydrogen-bond acceptors (Lipinski definition) is 6. The molecule has 0 saturated heterocycles. The molecule has 0 aliphatic heterocycles. The van der Waals surface area contributed by atoms with Crippen LogP contribution in [0.5, 0.6) is 0 Å². The minimum Gasteiger partial charge on any atom is -0.356 e. The van der Waals surface area contributed by atoms with Crippen LogP contribution in [0.15, 0.2) is 12.4 Å². The van der Waals surface area contributed by atoms with Crippen LogP contribution in [0.2, 0.25) is 0 Å². The van der Waals surface area contributed by atoms with E-state index in [9.17, 15) is 0 Å². The van der Waals surface area contributed by atoms with E-state index >= 15 is 0 Å². The van der Waals surface area contributed by atoms with E-state index in [4.69, 9.17) is 5.84 Å². The first-order valence-electron chi connectivity index (χ1n) is 6.25. The predicted octanol–water partition coefficient (Wildman–Crippen LogP) is 0.683. The molecule has 0 unspecified atom stereocenters. The van der Waals surface area contributed by atoms with Gasteiger partial charge >= 0.3 is 0 Å². The van der Waals surface area contributed by atoms with Crippen LogP contribution in [0, 0.1) is 0 Å². The molecule has 1 aliphatic carbocycles. The van der Waals surface area contributed by atoms with Crippen molar-refractivity contribution in [2.75, 3.05) is 38.0 Å². The van der Waals surface area contributed by atoms with E-state index in [1.165, 1.54) is 19.3 Å². The van der Waals surface area contributed by atoms with Crippen LogP contribution in [-0.4, -0.2) is 48.1 Å². The molecule has 0 amide bonds. The Kier molecular flexibility index (Phi) is 3.68. The largest absolute Gasteiger partial charge is 0.356 e. The van der Waals surface area contributed by atoms with Crippen LogP contribution < -0.4 is 16.2 Å². The van der Waals surface area contributed by atoms with Gasteiger partial charge in [-0.25, -0.2) is 10.8 Å². The average Bonchev–Trinajstić information content (AvgIpc) is 2.33. The van der Waals surface area contributed by atoms with Crippen molar-refractivity contribution in [3.63, 3.8) is 0 Å². The highest BCUT2D eigenvalue weighted by atomic mass is 15.3. The van der Waals surface area contributed by atoms with Gasteiger partial charge in [-0.05, 0) is 33.4 Å². The van der Waals surface area contributed by atoms with Crippen LogP contribution in [-0.2, 0) is 0 Å². The number of hydrogen-bond donors (Lipinski definition) is 2. The molecule has 18 heavy (non-hydrogen) atoms. The van der Waals surface area contributed by atoms with Gasteiger partial charge in [0.05, 0.1) is 12.4 Å². The molecule has 1 heterocycles. The van der Waals surface area contributed by atoms with Crippen molar-refractivity contribution in [1.82, 2.24) is 14.9 Å². The number of nitrogens with two attached hydrogens (primary N) is 1. The van der Waals surface area contributed by atoms with Gasteiger partial charge < -0.3 is 15.2 Å². The SMILES string of the molecule is CN(CC1(N(C)C)CCC1)c1cncc(NN)n1. The van der Waals surface area contributed by atoms with E-state index in [1.807, 2.05) is 7.05 Å². The quantitative estimate of drug-likeness (QED) is 0.591. The Hall–Kier alpha value is -1.40. The molecule has 0 atom stereocenters. The lowest BCUT2D eigenvalue weighted by Crippen LogP contribution is -2.56. The molecule has 1 aromatic heterocycles. The molecule has 3 N–H and O–H groups in total. The second-order valence-electron chi connectivity index (χ2n) is 5.24. The molecule has 1 aliphatic rings. The predicted molar refractivity (Wildman–Crippen MR) is 73.4 cm³/mol. The molecular formula is C12H22N6. The first-order chi connectivity index (χ1) is 8.57. The summed E-state index contributed by atoms with van der Waals surface area (Å²) in [5.74, 6) is 6.79. The number of nitrogen functional groups attached to an aromatic ring is 1. The van der Waals surface area contributed by atoms with E-state index in [0.29, 0.717) is 5.82 Å². The van der Waals surface area contributed by atoms with Crippen molar-refractivity contribution in [3.05, 3.63) is 12.4 Å². The Morgan fingerprint density at radius 2 is 2.06 bits per heavy atom. The van der Waals surface area contributed by atoms with Gasteiger partial charge in [0.25, 0.3) is 0 Å². The van der Waals surface area contributed by atoms with Crippen molar-refractivity contribution in [1.29, 1.82) is 0 Å². The van der Waals surface area contributed by atoms with Gasteiger partial charge in [0.1, 0.15) is 5.82 Å². The standard InChI is InChI=1S/C12H22N6/c1-17(2)12(5-4-6-12)9-18(3)11-8-14-7-10(15-11)16-13/h7-8H,4-6,9,13H2,1-3H3,(H,15,16). The number of nitrogens with one attached hydrogen (secondary N) is 1. The molecule has 1 fully saturated rings. The van der Waals surface area contributed by atoms with E-state index in [2.05, 4.69) is 39.3 Å². The molecule has 6 heteroatoms. The van der Waals surface area contributed by atoms with Crippen molar-refractivity contribution >= 4 is 11.6 Å². The zero-order valence-electron chi connectivity index (χ0n) is 11.3. The molecule has 2 rings (SSSR count). The zero-order valence-corrected chi connectivity index (χ0v) is 11.3. The molecule has 0 aromatic carbocycles. The third-order valence-corrected chi connectivity index (χ3v) is 3.93. The molecule has 1 saturated carbocycles. The maximum atomic E-state index is 5.35. The monoisotopic (exact) mass is 250 g/mol. The molecule has 0 bridgehead atoms. The summed E-state index contributed by atoms with van der Waals surface area (Å²) in [6.07, 6.45) is 7.17. The summed E-state index contributed by atoms with van der Waals surface area (Å²) in [6, 6.07) is 0. The maximum absolute atomic E-state index is 5.35. The van der Waals surface area contributed by atoms with Gasteiger partial charge in [0.2, 0.25) is 0 Å². The number of nitrogens with zero attached hydrogens (tertiary/aromatic N) is 4. The number of aromatic nitrogens is 2. The van der Waals surface area contributed by atoms with Gasteiger partial charge in [-0.3, -0.25) is 4.98 Å². The average molecular weight is 250 g/mol. The van der Waals surface area contributed by atoms with Crippen LogP contribution >= 0.6 is 0 Å². The van der Waals surface area contributed by atoms with Gasteiger partial charge in [-0.2, -0.15) is 0 Å². The molecular weight excluding hydrogens is 228 g/mol. The lowest BCUT2D eigenvalue weighted by Gasteiger charge is -2.49. The van der Waals surface area contributed by atoms with Gasteiger partial charge in [0.15, 0.2) is 5.82 Å². The van der Waals surface area contributed by atoms with Crippen molar-refractivity contribution < 1.29 is 0 Å². The number of anilines is 2. The van der Waals surface area contributed by atoms with Crippen molar-refractivity contribution in [2.24, 2.45) is 5.84 Å². The highest BCUT2D eigenvalue weighted by Crippen LogP contribution is 2.37. The summed E-state index contributed by atoms with van der Waals surface area (Å²) in [5.41, 5.74) is 2.81. The summed E-state index contributed by atoms with van der Waals surface area (Å²) < 4.78 is 0. The Bertz CT molecular complexity index is 401. The lowest BCUT2D eigenvalue weighted by atomic mass is 9.75. The minimum absolute atomic E-state index is 0.280. The normalized spacial score (nSPS) is 17.4. The summed E-state index contributed by atoms with van der Waals surface area (Å²) in [6.45, 7) is 0.961. The number of rotatable bonds is 5. The number of likely N-dealkylation sites (N-methyl/N-ethyl adjacent to an activating group) is 2. The third-order valence-electron chi connectivity index (χ3n) is 3.93. The molecule has 0 radical (unpaired) electrons. The summed E-state index contributed by atoms with van der Waals surface area (Å²) >= 11 is 0. The molecule has 1 aromatic rings. The Morgan fingerprint density at radius 3 is 2.56 bits per heavy atom.